The molecule has 0 saturated heterocycles. The largest absolute Gasteiger partial charge is 0.494 e. The van der Waals surface area contributed by atoms with Crippen molar-refractivity contribution in [3.63, 3.8) is 0 Å². The van der Waals surface area contributed by atoms with E-state index < -0.39 is 17.3 Å². The van der Waals surface area contributed by atoms with Crippen LogP contribution in [0.5, 0.6) is 5.88 Å². The Labute approximate surface area is 203 Å². The van der Waals surface area contributed by atoms with Crippen molar-refractivity contribution in [2.75, 3.05) is 0 Å². The molecule has 0 amide bonds. The van der Waals surface area contributed by atoms with Gasteiger partial charge in [-0.3, -0.25) is 4.79 Å². The van der Waals surface area contributed by atoms with Crippen molar-refractivity contribution in [3.8, 4) is 5.88 Å². The number of hydrogen-bond acceptors (Lipinski definition) is 4. The smallest absolute Gasteiger partial charge is 0.303 e. The van der Waals surface area contributed by atoms with Crippen molar-refractivity contribution in [3.05, 3.63) is 94.8 Å². The molecule has 0 aliphatic carbocycles. The average molecular weight is 474 g/mol. The molecule has 7 heteroatoms. The number of H-pyrrole nitrogens is 1. The van der Waals surface area contributed by atoms with Gasteiger partial charge in [-0.25, -0.2) is 9.38 Å². The van der Waals surface area contributed by atoms with Gasteiger partial charge in [0.05, 0.1) is 22.5 Å². The zero-order valence-corrected chi connectivity index (χ0v) is 19.7. The maximum absolute atomic E-state index is 13.8. The highest BCUT2D eigenvalue weighted by molar-refractivity contribution is 6.21. The molecule has 5 N–H and O–H groups in total. The molecule has 6 nitrogen and oxygen atoms in total. The quantitative estimate of drug-likeness (QED) is 0.243. The van der Waals surface area contributed by atoms with Crippen molar-refractivity contribution in [2.45, 2.75) is 38.6 Å². The van der Waals surface area contributed by atoms with E-state index in [9.17, 15) is 14.3 Å². The number of aromatic nitrogens is 1. The second-order valence-corrected chi connectivity index (χ2v) is 8.91. The van der Waals surface area contributed by atoms with Gasteiger partial charge in [-0.1, -0.05) is 37.3 Å². The predicted octanol–water partition coefficient (Wildman–Crippen LogP) is 5.78. The molecule has 0 spiro atoms. The monoisotopic (exact) mass is 473 g/mol. The van der Waals surface area contributed by atoms with E-state index in [2.05, 4.69) is 4.98 Å². The predicted molar refractivity (Wildman–Crippen MR) is 136 cm³/mol. The van der Waals surface area contributed by atoms with Gasteiger partial charge < -0.3 is 20.9 Å². The number of aryl methyl sites for hydroxylation is 1. The average Bonchev–Trinajstić information content (AvgIpc) is 3.16. The summed E-state index contributed by atoms with van der Waals surface area (Å²) in [6.07, 6.45) is 1.15. The molecule has 0 bridgehead atoms. The van der Waals surface area contributed by atoms with Crippen LogP contribution in [0, 0.1) is 5.82 Å². The Hall–Kier alpha value is -3.97. The molecule has 1 heterocycles. The second-order valence-electron chi connectivity index (χ2n) is 8.91. The zero-order chi connectivity index (χ0) is 25.2. The van der Waals surface area contributed by atoms with Crippen LogP contribution in [0.4, 0.5) is 10.1 Å². The van der Waals surface area contributed by atoms with E-state index in [0.29, 0.717) is 39.8 Å². The first-order chi connectivity index (χ1) is 16.7. The van der Waals surface area contributed by atoms with Crippen LogP contribution in [-0.4, -0.2) is 26.9 Å². The minimum absolute atomic E-state index is 0.00425. The summed E-state index contributed by atoms with van der Waals surface area (Å²) in [6, 6.07) is 19.3. The summed E-state index contributed by atoms with van der Waals surface area (Å²) in [5, 5.41) is 20.5. The fourth-order valence-corrected chi connectivity index (χ4v) is 4.04. The number of rotatable bonds is 8. The number of aliphatic carboxylic acids is 1. The molecule has 1 unspecified atom stereocenters. The van der Waals surface area contributed by atoms with Gasteiger partial charge in [0, 0.05) is 22.9 Å². The number of halogens is 1. The summed E-state index contributed by atoms with van der Waals surface area (Å²) in [5.41, 5.74) is 10.5. The fraction of sp³-hybridized carbons (Fsp3) is 0.214. The van der Waals surface area contributed by atoms with Gasteiger partial charge in [-0.05, 0) is 67.3 Å². The van der Waals surface area contributed by atoms with E-state index in [0.717, 1.165) is 17.5 Å². The lowest BCUT2D eigenvalue weighted by Crippen LogP contribution is -2.31. The molecule has 0 fully saturated rings. The lowest BCUT2D eigenvalue weighted by molar-refractivity contribution is -0.136. The Balaban J connectivity index is 1.87. The number of aliphatic imine (C=N–C) groups is 1. The third kappa shape index (κ3) is 5.25. The molecule has 4 aromatic rings. The highest BCUT2D eigenvalue weighted by Gasteiger charge is 2.21. The second kappa shape index (κ2) is 9.72. The molecular weight excluding hydrogens is 445 g/mol. The third-order valence-electron chi connectivity index (χ3n) is 6.31. The molecule has 0 radical (unpaired) electrons. The minimum Gasteiger partial charge on any atom is -0.494 e. The summed E-state index contributed by atoms with van der Waals surface area (Å²) >= 11 is 0. The zero-order valence-electron chi connectivity index (χ0n) is 19.7. The van der Waals surface area contributed by atoms with Gasteiger partial charge in [0.15, 0.2) is 5.88 Å². The van der Waals surface area contributed by atoms with Crippen LogP contribution in [0.2, 0.25) is 0 Å². The van der Waals surface area contributed by atoms with Crippen molar-refractivity contribution in [1.29, 1.82) is 0 Å². The molecular formula is C28H28FN3O3. The van der Waals surface area contributed by atoms with E-state index in [-0.39, 0.29) is 12.3 Å². The number of carbonyl (C=O) groups is 1. The van der Waals surface area contributed by atoms with Crippen LogP contribution in [0.25, 0.3) is 10.9 Å². The number of fused-ring (bicyclic) bond motifs is 1. The number of nitrogens with one attached hydrogen (secondary N) is 1. The van der Waals surface area contributed by atoms with Gasteiger partial charge in [0.2, 0.25) is 0 Å². The standard InChI is InChI=1S/C28H28FN3O3/c1-3-28(2,30)19-8-11-21(12-9-19)31-26(18-6-4-5-17(15-18)7-14-24(33)34)25-22-13-10-20(29)16-23(22)32-27(25)35/h4-6,8-13,15-16,32,35H,3,7,14,30H2,1-2H3,(H,33,34). The third-order valence-corrected chi connectivity index (χ3v) is 6.31. The number of nitrogens with two attached hydrogens (primary N) is 1. The number of aromatic hydroxyl groups is 1. The molecule has 1 aromatic heterocycles. The van der Waals surface area contributed by atoms with E-state index >= 15 is 0 Å². The molecule has 1 atom stereocenters. The van der Waals surface area contributed by atoms with Crippen LogP contribution in [-0.2, 0) is 16.8 Å². The molecule has 0 saturated carbocycles. The molecule has 3 aromatic carbocycles. The molecule has 0 aliphatic heterocycles. The van der Waals surface area contributed by atoms with Gasteiger partial charge in [-0.15, -0.1) is 0 Å². The number of carboxylic acid groups (broad SMARTS) is 1. The molecule has 0 aliphatic rings. The summed E-state index contributed by atoms with van der Waals surface area (Å²) in [6.45, 7) is 4.01. The first-order valence-electron chi connectivity index (χ1n) is 11.5. The van der Waals surface area contributed by atoms with Crippen molar-refractivity contribution in [1.82, 2.24) is 4.98 Å². The van der Waals surface area contributed by atoms with Crippen molar-refractivity contribution < 1.29 is 19.4 Å². The van der Waals surface area contributed by atoms with Crippen molar-refractivity contribution >= 4 is 28.3 Å². The van der Waals surface area contributed by atoms with E-state index in [1.54, 1.807) is 6.07 Å². The van der Waals surface area contributed by atoms with Crippen LogP contribution >= 0.6 is 0 Å². The van der Waals surface area contributed by atoms with Gasteiger partial charge in [0.25, 0.3) is 0 Å². The lowest BCUT2D eigenvalue weighted by atomic mass is 9.90. The summed E-state index contributed by atoms with van der Waals surface area (Å²) in [7, 11) is 0. The first kappa shape index (κ1) is 24.2. The Kier molecular flexibility index (Phi) is 6.71. The summed E-state index contributed by atoms with van der Waals surface area (Å²) in [4.78, 5) is 18.8. The number of hydrogen-bond donors (Lipinski definition) is 4. The Bertz CT molecular complexity index is 1400. The Morgan fingerprint density at radius 2 is 1.86 bits per heavy atom. The van der Waals surface area contributed by atoms with E-state index in [4.69, 9.17) is 15.8 Å². The maximum atomic E-state index is 13.8. The minimum atomic E-state index is -0.875. The summed E-state index contributed by atoms with van der Waals surface area (Å²) in [5.74, 6) is -1.42. The summed E-state index contributed by atoms with van der Waals surface area (Å²) < 4.78 is 13.8. The first-order valence-corrected chi connectivity index (χ1v) is 11.5. The molecule has 35 heavy (non-hydrogen) atoms. The number of nitrogens with zero attached hydrogens (tertiary/aromatic N) is 1. The van der Waals surface area contributed by atoms with Crippen molar-refractivity contribution in [2.24, 2.45) is 10.7 Å². The normalized spacial score (nSPS) is 13.7. The van der Waals surface area contributed by atoms with Gasteiger partial charge >= 0.3 is 5.97 Å². The van der Waals surface area contributed by atoms with E-state index in [1.165, 1.54) is 12.1 Å². The van der Waals surface area contributed by atoms with Crippen LogP contribution in [0.1, 0.15) is 48.9 Å². The van der Waals surface area contributed by atoms with Crippen LogP contribution in [0.3, 0.4) is 0 Å². The number of carboxylic acids is 1. The maximum Gasteiger partial charge on any atom is 0.303 e. The highest BCUT2D eigenvalue weighted by atomic mass is 19.1. The van der Waals surface area contributed by atoms with Gasteiger partial charge in [-0.2, -0.15) is 0 Å². The number of benzene rings is 3. The highest BCUT2D eigenvalue weighted by Crippen LogP contribution is 2.33. The van der Waals surface area contributed by atoms with E-state index in [1.807, 2.05) is 62.4 Å². The lowest BCUT2D eigenvalue weighted by Gasteiger charge is -2.23. The Morgan fingerprint density at radius 3 is 2.54 bits per heavy atom. The SMILES string of the molecule is CCC(C)(N)c1ccc(N=C(c2cccc(CCC(=O)O)c2)c2c(O)[nH]c3cc(F)ccc23)cc1. The fourth-order valence-electron chi connectivity index (χ4n) is 4.04. The molecule has 180 valence electrons. The van der Waals surface area contributed by atoms with Gasteiger partial charge in [0.1, 0.15) is 5.82 Å². The topological polar surface area (TPSA) is 112 Å². The van der Waals surface area contributed by atoms with Crippen LogP contribution < -0.4 is 5.73 Å². The number of aromatic amines is 1. The Morgan fingerprint density at radius 1 is 1.11 bits per heavy atom. The molecule has 4 rings (SSSR count). The van der Waals surface area contributed by atoms with Crippen LogP contribution in [0.15, 0.2) is 71.7 Å².